The molecular weight excluding hydrogens is 326 g/mol. The minimum Gasteiger partial charge on any atom is -0.375 e. The molecule has 1 aliphatic heterocycles. The molecule has 1 aliphatic rings. The minimum atomic E-state index is 0.0430. The van der Waals surface area contributed by atoms with Crippen molar-refractivity contribution in [2.75, 3.05) is 13.2 Å². The van der Waals surface area contributed by atoms with Crippen LogP contribution in [0.4, 0.5) is 0 Å². The smallest absolute Gasteiger partial charge is 0.254 e. The van der Waals surface area contributed by atoms with Crippen molar-refractivity contribution < 1.29 is 9.53 Å². The lowest BCUT2D eigenvalue weighted by atomic mass is 10.1. The summed E-state index contributed by atoms with van der Waals surface area (Å²) < 4.78 is 7.75. The summed E-state index contributed by atoms with van der Waals surface area (Å²) in [6.07, 6.45) is 0.0680. The predicted molar refractivity (Wildman–Crippen MR) is 102 cm³/mol. The van der Waals surface area contributed by atoms with Crippen LogP contribution in [-0.4, -0.2) is 45.7 Å². The molecule has 5 nitrogen and oxygen atoms in total. The number of hydrogen-bond acceptors (Lipinski definition) is 3. The standard InChI is InChI=1S/C21H23N3O2/c1-14-13-26-15(2)12-23(14)21(25)17-9-10-20-19(11-17)22-16(3)24(20)18-7-5-4-6-8-18/h4-11,14-15H,12-13H2,1-3H3. The molecule has 1 saturated heterocycles. The van der Waals surface area contributed by atoms with Gasteiger partial charge < -0.3 is 9.64 Å². The van der Waals surface area contributed by atoms with Crippen molar-refractivity contribution in [2.24, 2.45) is 0 Å². The van der Waals surface area contributed by atoms with Gasteiger partial charge in [-0.05, 0) is 51.1 Å². The Hall–Kier alpha value is -2.66. The average molecular weight is 349 g/mol. The van der Waals surface area contributed by atoms with E-state index in [2.05, 4.69) is 21.7 Å². The van der Waals surface area contributed by atoms with E-state index in [-0.39, 0.29) is 18.1 Å². The summed E-state index contributed by atoms with van der Waals surface area (Å²) in [5, 5.41) is 0. The van der Waals surface area contributed by atoms with Crippen molar-refractivity contribution >= 4 is 16.9 Å². The molecule has 1 fully saturated rings. The zero-order chi connectivity index (χ0) is 18.3. The second-order valence-corrected chi connectivity index (χ2v) is 6.98. The molecule has 2 unspecified atom stereocenters. The van der Waals surface area contributed by atoms with Crippen LogP contribution in [0, 0.1) is 6.92 Å². The molecule has 3 aromatic rings. The summed E-state index contributed by atoms with van der Waals surface area (Å²) in [6.45, 7) is 7.21. The van der Waals surface area contributed by atoms with Crippen molar-refractivity contribution in [3.63, 3.8) is 0 Å². The Bertz CT molecular complexity index is 949. The van der Waals surface area contributed by atoms with Crippen LogP contribution in [0.5, 0.6) is 0 Å². The molecule has 26 heavy (non-hydrogen) atoms. The highest BCUT2D eigenvalue weighted by Gasteiger charge is 2.28. The number of nitrogens with zero attached hydrogens (tertiary/aromatic N) is 3. The summed E-state index contributed by atoms with van der Waals surface area (Å²) in [6, 6.07) is 16.0. The Morgan fingerprint density at radius 2 is 1.92 bits per heavy atom. The first-order valence-electron chi connectivity index (χ1n) is 9.01. The molecular formula is C21H23N3O2. The Morgan fingerprint density at radius 3 is 2.69 bits per heavy atom. The van der Waals surface area contributed by atoms with E-state index in [0.717, 1.165) is 22.5 Å². The van der Waals surface area contributed by atoms with E-state index in [1.165, 1.54) is 0 Å². The van der Waals surface area contributed by atoms with Gasteiger partial charge in [0.2, 0.25) is 0 Å². The lowest BCUT2D eigenvalue weighted by Crippen LogP contribution is -2.50. The van der Waals surface area contributed by atoms with Crippen LogP contribution in [0.1, 0.15) is 30.0 Å². The zero-order valence-electron chi connectivity index (χ0n) is 15.3. The highest BCUT2D eigenvalue weighted by molar-refractivity contribution is 5.98. The second-order valence-electron chi connectivity index (χ2n) is 6.98. The third kappa shape index (κ3) is 2.88. The van der Waals surface area contributed by atoms with Gasteiger partial charge in [-0.3, -0.25) is 9.36 Å². The van der Waals surface area contributed by atoms with Gasteiger partial charge in [0.15, 0.2) is 0 Å². The van der Waals surface area contributed by atoms with Crippen LogP contribution in [0.3, 0.4) is 0 Å². The van der Waals surface area contributed by atoms with Crippen LogP contribution >= 0.6 is 0 Å². The average Bonchev–Trinajstić information content (AvgIpc) is 2.98. The Balaban J connectivity index is 1.72. The molecule has 2 heterocycles. The molecule has 1 amide bonds. The van der Waals surface area contributed by atoms with Crippen molar-refractivity contribution in [1.29, 1.82) is 0 Å². The van der Waals surface area contributed by atoms with Gasteiger partial charge in [0.25, 0.3) is 5.91 Å². The summed E-state index contributed by atoms with van der Waals surface area (Å²) in [7, 11) is 0. The van der Waals surface area contributed by atoms with Crippen LogP contribution in [-0.2, 0) is 4.74 Å². The van der Waals surface area contributed by atoms with E-state index >= 15 is 0 Å². The molecule has 0 spiro atoms. The fourth-order valence-electron chi connectivity index (χ4n) is 3.59. The number of carbonyl (C=O) groups is 1. The quantitative estimate of drug-likeness (QED) is 0.710. The number of aromatic nitrogens is 2. The summed E-state index contributed by atoms with van der Waals surface area (Å²) in [4.78, 5) is 19.6. The van der Waals surface area contributed by atoms with Gasteiger partial charge in [0.1, 0.15) is 5.82 Å². The van der Waals surface area contributed by atoms with Gasteiger partial charge in [0.05, 0.1) is 29.8 Å². The third-order valence-electron chi connectivity index (χ3n) is 4.95. The van der Waals surface area contributed by atoms with Crippen molar-refractivity contribution in [2.45, 2.75) is 32.9 Å². The third-order valence-corrected chi connectivity index (χ3v) is 4.95. The normalized spacial score (nSPS) is 20.5. The SMILES string of the molecule is Cc1nc2cc(C(=O)N3CC(C)OCC3C)ccc2n1-c1ccccc1. The van der Waals surface area contributed by atoms with E-state index in [1.54, 1.807) is 0 Å². The molecule has 134 valence electrons. The number of aryl methyl sites for hydroxylation is 1. The predicted octanol–water partition coefficient (Wildman–Crippen LogP) is 3.58. The summed E-state index contributed by atoms with van der Waals surface area (Å²) in [5.41, 5.74) is 3.60. The molecule has 1 aromatic heterocycles. The van der Waals surface area contributed by atoms with Crippen molar-refractivity contribution in [1.82, 2.24) is 14.5 Å². The van der Waals surface area contributed by atoms with Crippen LogP contribution in [0.25, 0.3) is 16.7 Å². The van der Waals surface area contributed by atoms with Crippen LogP contribution < -0.4 is 0 Å². The zero-order valence-corrected chi connectivity index (χ0v) is 15.3. The molecule has 0 aliphatic carbocycles. The number of imidazole rings is 1. The first-order chi connectivity index (χ1) is 12.5. The molecule has 2 aromatic carbocycles. The van der Waals surface area contributed by atoms with E-state index < -0.39 is 0 Å². The first kappa shape index (κ1) is 16.8. The Kier molecular flexibility index (Phi) is 4.24. The highest BCUT2D eigenvalue weighted by Crippen LogP contribution is 2.24. The Labute approximate surface area is 153 Å². The fraction of sp³-hybridized carbons (Fsp3) is 0.333. The maximum atomic E-state index is 13.0. The number of morpholine rings is 1. The first-order valence-corrected chi connectivity index (χ1v) is 9.01. The minimum absolute atomic E-state index is 0.0430. The van der Waals surface area contributed by atoms with E-state index in [1.807, 2.05) is 62.1 Å². The van der Waals surface area contributed by atoms with Crippen molar-refractivity contribution in [3.05, 3.63) is 59.9 Å². The van der Waals surface area contributed by atoms with Crippen molar-refractivity contribution in [3.8, 4) is 5.69 Å². The number of hydrogen-bond donors (Lipinski definition) is 0. The number of para-hydroxylation sites is 1. The molecule has 0 saturated carbocycles. The molecule has 0 bridgehead atoms. The van der Waals surface area contributed by atoms with Gasteiger partial charge >= 0.3 is 0 Å². The molecule has 5 heteroatoms. The van der Waals surface area contributed by atoms with E-state index in [9.17, 15) is 4.79 Å². The second kappa shape index (κ2) is 6.57. The molecule has 0 radical (unpaired) electrons. The number of fused-ring (bicyclic) bond motifs is 1. The lowest BCUT2D eigenvalue weighted by Gasteiger charge is -2.36. The number of benzene rings is 2. The summed E-state index contributed by atoms with van der Waals surface area (Å²) in [5.74, 6) is 0.950. The largest absolute Gasteiger partial charge is 0.375 e. The number of rotatable bonds is 2. The molecule has 0 N–H and O–H groups in total. The van der Waals surface area contributed by atoms with Gasteiger partial charge in [-0.2, -0.15) is 0 Å². The lowest BCUT2D eigenvalue weighted by molar-refractivity contribution is -0.0387. The van der Waals surface area contributed by atoms with Gasteiger partial charge in [0, 0.05) is 17.8 Å². The monoisotopic (exact) mass is 349 g/mol. The maximum absolute atomic E-state index is 13.0. The highest BCUT2D eigenvalue weighted by atomic mass is 16.5. The Morgan fingerprint density at radius 1 is 1.15 bits per heavy atom. The number of ether oxygens (including phenoxy) is 1. The van der Waals surface area contributed by atoms with Gasteiger partial charge in [-0.15, -0.1) is 0 Å². The molecule has 2 atom stereocenters. The van der Waals surface area contributed by atoms with E-state index in [4.69, 9.17) is 4.74 Å². The van der Waals surface area contributed by atoms with Gasteiger partial charge in [-0.1, -0.05) is 18.2 Å². The number of amides is 1. The maximum Gasteiger partial charge on any atom is 0.254 e. The van der Waals surface area contributed by atoms with Gasteiger partial charge in [-0.25, -0.2) is 4.98 Å². The topological polar surface area (TPSA) is 47.4 Å². The molecule has 4 rings (SSSR count). The fourth-order valence-corrected chi connectivity index (χ4v) is 3.59. The number of carbonyl (C=O) groups excluding carboxylic acids is 1. The van der Waals surface area contributed by atoms with Crippen LogP contribution in [0.15, 0.2) is 48.5 Å². The summed E-state index contributed by atoms with van der Waals surface area (Å²) >= 11 is 0. The van der Waals surface area contributed by atoms with Crippen LogP contribution in [0.2, 0.25) is 0 Å². The van der Waals surface area contributed by atoms with E-state index in [0.29, 0.717) is 18.7 Å².